The molecule has 0 aliphatic carbocycles. The molecule has 0 aromatic heterocycles. The zero-order valence-corrected chi connectivity index (χ0v) is 16.4. The van der Waals surface area contributed by atoms with E-state index in [0.29, 0.717) is 28.5 Å². The lowest BCUT2D eigenvalue weighted by atomic mass is 10.1. The van der Waals surface area contributed by atoms with Gasteiger partial charge in [-0.15, -0.1) is 12.4 Å². The van der Waals surface area contributed by atoms with Crippen molar-refractivity contribution >= 4 is 47.2 Å². The Morgan fingerprint density at radius 1 is 1.15 bits per heavy atom. The zero-order chi connectivity index (χ0) is 18.4. The van der Waals surface area contributed by atoms with Gasteiger partial charge in [-0.25, -0.2) is 0 Å². The molecule has 0 spiro atoms. The Bertz CT molecular complexity index is 764. The average Bonchev–Trinajstić information content (AvgIpc) is 2.58. The summed E-state index contributed by atoms with van der Waals surface area (Å²) >= 11 is 5.83. The average molecular weight is 396 g/mol. The largest absolute Gasteiger partial charge is 0.399 e. The summed E-state index contributed by atoms with van der Waals surface area (Å²) in [6, 6.07) is 12.0. The van der Waals surface area contributed by atoms with Crippen LogP contribution in [0.15, 0.2) is 42.5 Å². The maximum absolute atomic E-state index is 12.8. The number of carbonyl (C=O) groups is 2. The van der Waals surface area contributed by atoms with Crippen LogP contribution in [-0.4, -0.2) is 29.8 Å². The van der Waals surface area contributed by atoms with Crippen molar-refractivity contribution in [2.75, 3.05) is 24.1 Å². The van der Waals surface area contributed by atoms with Crippen LogP contribution >= 0.6 is 24.0 Å². The summed E-state index contributed by atoms with van der Waals surface area (Å²) in [5.74, 6) is -0.455. The number of benzene rings is 2. The molecule has 2 rings (SSSR count). The van der Waals surface area contributed by atoms with E-state index < -0.39 is 0 Å². The molecule has 5 nitrogen and oxygen atoms in total. The van der Waals surface area contributed by atoms with E-state index in [0.717, 1.165) is 12.0 Å². The van der Waals surface area contributed by atoms with Crippen LogP contribution in [0.1, 0.15) is 29.3 Å². The van der Waals surface area contributed by atoms with Gasteiger partial charge in [0.1, 0.15) is 6.54 Å². The van der Waals surface area contributed by atoms with E-state index >= 15 is 0 Å². The number of rotatable bonds is 6. The van der Waals surface area contributed by atoms with Crippen LogP contribution in [0.3, 0.4) is 0 Å². The lowest BCUT2D eigenvalue weighted by Crippen LogP contribution is -2.38. The van der Waals surface area contributed by atoms with Gasteiger partial charge < -0.3 is 16.0 Å². The highest BCUT2D eigenvalue weighted by Gasteiger charge is 2.20. The number of nitrogens with two attached hydrogens (primary N) is 1. The van der Waals surface area contributed by atoms with Crippen LogP contribution in [0.5, 0.6) is 0 Å². The number of halogens is 2. The molecule has 7 heteroatoms. The summed E-state index contributed by atoms with van der Waals surface area (Å²) in [6.07, 6.45) is 0.751. The Kier molecular flexibility index (Phi) is 8.42. The summed E-state index contributed by atoms with van der Waals surface area (Å²) in [5.41, 5.74) is 8.31. The molecule has 140 valence electrons. The van der Waals surface area contributed by atoms with Crippen LogP contribution in [0, 0.1) is 6.92 Å². The highest BCUT2D eigenvalue weighted by atomic mass is 35.5. The number of carbonyl (C=O) groups excluding carboxylic acids is 2. The normalized spacial score (nSPS) is 9.96. The van der Waals surface area contributed by atoms with Crippen LogP contribution in [-0.2, 0) is 4.79 Å². The standard InChI is InChI=1S/C19H22ClN3O2.ClH/c1-3-10-23(19(25)17-11-15(21)7-4-13(17)2)12-18(24)22-16-8-5-14(20)6-9-16;/h4-9,11H,3,10,12,21H2,1-2H3,(H,22,24);1H. The highest BCUT2D eigenvalue weighted by molar-refractivity contribution is 6.30. The van der Waals surface area contributed by atoms with Crippen LogP contribution in [0.2, 0.25) is 5.02 Å². The molecule has 0 radical (unpaired) electrons. The van der Waals surface area contributed by atoms with Gasteiger partial charge in [0.25, 0.3) is 5.91 Å². The van der Waals surface area contributed by atoms with E-state index in [9.17, 15) is 9.59 Å². The Morgan fingerprint density at radius 3 is 2.42 bits per heavy atom. The fourth-order valence-electron chi connectivity index (χ4n) is 2.47. The molecule has 0 saturated carbocycles. The minimum atomic E-state index is -0.259. The van der Waals surface area contributed by atoms with Crippen molar-refractivity contribution in [2.24, 2.45) is 0 Å². The van der Waals surface area contributed by atoms with Gasteiger partial charge in [-0.3, -0.25) is 9.59 Å². The molecule has 0 atom stereocenters. The maximum Gasteiger partial charge on any atom is 0.254 e. The lowest BCUT2D eigenvalue weighted by Gasteiger charge is -2.22. The second-order valence-corrected chi connectivity index (χ2v) is 6.29. The molecule has 0 unspecified atom stereocenters. The molecule has 2 aromatic rings. The SMILES string of the molecule is CCCN(CC(=O)Nc1ccc(Cl)cc1)C(=O)c1cc(N)ccc1C.Cl. The summed E-state index contributed by atoms with van der Waals surface area (Å²) < 4.78 is 0. The number of nitrogen functional groups attached to an aromatic ring is 1. The molecule has 0 saturated heterocycles. The summed E-state index contributed by atoms with van der Waals surface area (Å²) in [6.45, 7) is 4.28. The predicted octanol–water partition coefficient (Wildman–Crippen LogP) is 4.14. The number of aryl methyl sites for hydroxylation is 1. The molecule has 0 aliphatic heterocycles. The highest BCUT2D eigenvalue weighted by Crippen LogP contribution is 2.16. The summed E-state index contributed by atoms with van der Waals surface area (Å²) in [4.78, 5) is 26.7. The summed E-state index contributed by atoms with van der Waals surface area (Å²) in [7, 11) is 0. The van der Waals surface area contributed by atoms with Gasteiger partial charge in [0.05, 0.1) is 0 Å². The molecule has 2 aromatic carbocycles. The molecule has 0 heterocycles. The van der Waals surface area contributed by atoms with Gasteiger partial charge in [-0.05, 0) is 55.3 Å². The molecular weight excluding hydrogens is 373 g/mol. The first-order chi connectivity index (χ1) is 11.9. The van der Waals surface area contributed by atoms with Crippen LogP contribution in [0.25, 0.3) is 0 Å². The maximum atomic E-state index is 12.8. The van der Waals surface area contributed by atoms with Crippen molar-refractivity contribution in [2.45, 2.75) is 20.3 Å². The van der Waals surface area contributed by atoms with Crippen LogP contribution < -0.4 is 11.1 Å². The van der Waals surface area contributed by atoms with E-state index in [1.165, 1.54) is 4.90 Å². The molecule has 3 N–H and O–H groups in total. The second kappa shape index (κ2) is 10.0. The lowest BCUT2D eigenvalue weighted by molar-refractivity contribution is -0.116. The Morgan fingerprint density at radius 2 is 1.81 bits per heavy atom. The van der Waals surface area contributed by atoms with Crippen LogP contribution in [0.4, 0.5) is 11.4 Å². The zero-order valence-electron chi connectivity index (χ0n) is 14.8. The first-order valence-corrected chi connectivity index (χ1v) is 8.49. The molecule has 0 fully saturated rings. The summed E-state index contributed by atoms with van der Waals surface area (Å²) in [5, 5.41) is 3.37. The van der Waals surface area contributed by atoms with Gasteiger partial charge in [0.2, 0.25) is 5.91 Å². The third-order valence-electron chi connectivity index (χ3n) is 3.74. The predicted molar refractivity (Wildman–Crippen MR) is 109 cm³/mol. The number of amides is 2. The minimum absolute atomic E-state index is 0. The van der Waals surface area contributed by atoms with Crippen molar-refractivity contribution in [3.05, 3.63) is 58.6 Å². The Labute approximate surface area is 164 Å². The Hall–Kier alpha value is -2.24. The number of nitrogens with one attached hydrogen (secondary N) is 1. The minimum Gasteiger partial charge on any atom is -0.399 e. The van der Waals surface area contributed by atoms with Crippen molar-refractivity contribution in [1.29, 1.82) is 0 Å². The van der Waals surface area contributed by atoms with Crippen molar-refractivity contribution in [3.8, 4) is 0 Å². The van der Waals surface area contributed by atoms with E-state index in [1.807, 2.05) is 13.8 Å². The quantitative estimate of drug-likeness (QED) is 0.721. The first-order valence-electron chi connectivity index (χ1n) is 8.11. The van der Waals surface area contributed by atoms with Crippen molar-refractivity contribution in [1.82, 2.24) is 4.90 Å². The second-order valence-electron chi connectivity index (χ2n) is 5.86. The fraction of sp³-hybridized carbons (Fsp3) is 0.263. The topological polar surface area (TPSA) is 75.4 Å². The molecule has 26 heavy (non-hydrogen) atoms. The first kappa shape index (κ1) is 21.8. The number of hydrogen-bond acceptors (Lipinski definition) is 3. The number of hydrogen-bond donors (Lipinski definition) is 2. The van der Waals surface area contributed by atoms with E-state index in [2.05, 4.69) is 5.32 Å². The monoisotopic (exact) mass is 395 g/mol. The molecule has 0 bridgehead atoms. The fourth-order valence-corrected chi connectivity index (χ4v) is 2.60. The number of nitrogens with zero attached hydrogens (tertiary/aromatic N) is 1. The Balaban J connectivity index is 0.00000338. The van der Waals surface area contributed by atoms with E-state index in [4.69, 9.17) is 17.3 Å². The van der Waals surface area contributed by atoms with Gasteiger partial charge in [-0.2, -0.15) is 0 Å². The molecule has 2 amide bonds. The third kappa shape index (κ3) is 5.93. The molecular formula is C19H23Cl2N3O2. The number of anilines is 2. The van der Waals surface area contributed by atoms with E-state index in [-0.39, 0.29) is 30.8 Å². The third-order valence-corrected chi connectivity index (χ3v) is 3.99. The molecule has 0 aliphatic rings. The smallest absolute Gasteiger partial charge is 0.254 e. The van der Waals surface area contributed by atoms with Crippen molar-refractivity contribution < 1.29 is 9.59 Å². The van der Waals surface area contributed by atoms with Crippen molar-refractivity contribution in [3.63, 3.8) is 0 Å². The van der Waals surface area contributed by atoms with Gasteiger partial charge in [0.15, 0.2) is 0 Å². The van der Waals surface area contributed by atoms with Gasteiger partial charge in [-0.1, -0.05) is 24.6 Å². The van der Waals surface area contributed by atoms with Gasteiger partial charge in [0, 0.05) is 28.5 Å². The van der Waals surface area contributed by atoms with E-state index in [1.54, 1.807) is 42.5 Å². The van der Waals surface area contributed by atoms with Gasteiger partial charge >= 0.3 is 0 Å².